The number of aliphatic hydroxyl groups is 2. The summed E-state index contributed by atoms with van der Waals surface area (Å²) in [5, 5.41) is 20.7. The highest BCUT2D eigenvalue weighted by atomic mass is 19.2. The third kappa shape index (κ3) is 5.46. The van der Waals surface area contributed by atoms with Gasteiger partial charge in [0.05, 0.1) is 5.60 Å². The van der Waals surface area contributed by atoms with Gasteiger partial charge in [0.25, 0.3) is 5.91 Å². The monoisotopic (exact) mass is 370 g/mol. The molecule has 0 spiro atoms. The van der Waals surface area contributed by atoms with E-state index in [1.807, 2.05) is 4.90 Å². The van der Waals surface area contributed by atoms with E-state index in [0.717, 1.165) is 12.1 Å². The number of likely N-dealkylation sites (tertiary alicyclic amines) is 1. The number of carbonyl (C=O) groups excluding carboxylic acids is 1. The summed E-state index contributed by atoms with van der Waals surface area (Å²) in [4.78, 5) is 16.1. The Morgan fingerprint density at radius 3 is 2.62 bits per heavy atom. The van der Waals surface area contributed by atoms with Gasteiger partial charge in [-0.05, 0) is 57.9 Å². The fourth-order valence-corrected chi connectivity index (χ4v) is 3.21. The van der Waals surface area contributed by atoms with Crippen LogP contribution >= 0.6 is 0 Å². The van der Waals surface area contributed by atoms with E-state index < -0.39 is 28.7 Å². The van der Waals surface area contributed by atoms with E-state index in [1.54, 1.807) is 20.9 Å². The van der Waals surface area contributed by atoms with Crippen molar-refractivity contribution >= 4 is 5.91 Å². The Hall–Kier alpha value is -1.57. The van der Waals surface area contributed by atoms with Crippen molar-refractivity contribution in [3.63, 3.8) is 0 Å². The number of halogens is 2. The van der Waals surface area contributed by atoms with Crippen LogP contribution in [0.2, 0.25) is 0 Å². The lowest BCUT2D eigenvalue weighted by Crippen LogP contribution is -2.58. The summed E-state index contributed by atoms with van der Waals surface area (Å²) in [5.74, 6) is -2.28. The zero-order valence-electron chi connectivity index (χ0n) is 15.6. The molecule has 2 rings (SSSR count). The van der Waals surface area contributed by atoms with Crippen LogP contribution in [0.15, 0.2) is 18.2 Å². The molecule has 1 heterocycles. The smallest absolute Gasteiger partial charge is 0.256 e. The molecular weight excluding hydrogens is 342 g/mol. The van der Waals surface area contributed by atoms with Gasteiger partial charge >= 0.3 is 0 Å². The number of likely N-dealkylation sites (N-methyl/N-ethyl adjacent to an activating group) is 1. The molecule has 0 saturated carbocycles. The third-order valence-electron chi connectivity index (χ3n) is 4.70. The zero-order chi connectivity index (χ0) is 19.5. The maximum absolute atomic E-state index is 13.4. The fourth-order valence-electron chi connectivity index (χ4n) is 3.21. The van der Waals surface area contributed by atoms with Crippen LogP contribution in [-0.2, 0) is 11.3 Å². The van der Waals surface area contributed by atoms with Crippen molar-refractivity contribution < 1.29 is 23.8 Å². The van der Waals surface area contributed by atoms with Gasteiger partial charge in [-0.15, -0.1) is 0 Å². The van der Waals surface area contributed by atoms with Crippen molar-refractivity contribution in [3.8, 4) is 0 Å². The van der Waals surface area contributed by atoms with E-state index in [0.29, 0.717) is 37.9 Å². The van der Waals surface area contributed by atoms with Gasteiger partial charge in [0.15, 0.2) is 17.2 Å². The van der Waals surface area contributed by atoms with Crippen molar-refractivity contribution in [2.45, 2.75) is 50.9 Å². The molecule has 1 aliphatic rings. The topological polar surface area (TPSA) is 64.0 Å². The largest absolute Gasteiger partial charge is 0.390 e. The Morgan fingerprint density at radius 2 is 2.00 bits per heavy atom. The molecule has 0 bridgehead atoms. The van der Waals surface area contributed by atoms with Crippen LogP contribution in [0.1, 0.15) is 38.7 Å². The molecule has 1 aromatic carbocycles. The number of hydrogen-bond acceptors (Lipinski definition) is 4. The molecule has 1 saturated heterocycles. The Bertz CT molecular complexity index is 648. The number of carbonyl (C=O) groups is 1. The van der Waals surface area contributed by atoms with Crippen molar-refractivity contribution in [2.24, 2.45) is 0 Å². The van der Waals surface area contributed by atoms with Crippen molar-refractivity contribution in [2.75, 3.05) is 26.7 Å². The standard InChI is InChI=1S/C19H28F2N2O3/c1-18(2,25)8-10-22(3)13-19(26)7-4-9-23(17(19)24)12-14-5-6-15(20)16(21)11-14/h5-6,11,25-26H,4,7-10,12-13H2,1-3H3/t19-/m0/s1. The minimum atomic E-state index is -1.51. The predicted molar refractivity (Wildman–Crippen MR) is 94.4 cm³/mol. The van der Waals surface area contributed by atoms with E-state index in [-0.39, 0.29) is 13.1 Å². The molecule has 0 aliphatic carbocycles. The summed E-state index contributed by atoms with van der Waals surface area (Å²) in [6.45, 7) is 4.73. The molecule has 1 atom stereocenters. The molecule has 1 aromatic rings. The molecule has 7 heteroatoms. The average Bonchev–Trinajstić information content (AvgIpc) is 2.53. The highest BCUT2D eigenvalue weighted by Crippen LogP contribution is 2.26. The average molecular weight is 370 g/mol. The first-order valence-electron chi connectivity index (χ1n) is 8.87. The molecule has 26 heavy (non-hydrogen) atoms. The zero-order valence-corrected chi connectivity index (χ0v) is 15.6. The summed E-state index contributed by atoms with van der Waals surface area (Å²) in [5.41, 5.74) is -1.84. The maximum atomic E-state index is 13.4. The summed E-state index contributed by atoms with van der Waals surface area (Å²) in [6, 6.07) is 3.55. The van der Waals surface area contributed by atoms with Gasteiger partial charge in [0.2, 0.25) is 0 Å². The lowest BCUT2D eigenvalue weighted by Gasteiger charge is -2.40. The Morgan fingerprint density at radius 1 is 1.31 bits per heavy atom. The molecular formula is C19H28F2N2O3. The van der Waals surface area contributed by atoms with E-state index in [2.05, 4.69) is 0 Å². The van der Waals surface area contributed by atoms with Crippen LogP contribution in [0.5, 0.6) is 0 Å². The minimum Gasteiger partial charge on any atom is -0.390 e. The van der Waals surface area contributed by atoms with Gasteiger partial charge in [0, 0.05) is 26.2 Å². The van der Waals surface area contributed by atoms with Gasteiger partial charge < -0.3 is 20.0 Å². The molecule has 0 radical (unpaired) electrons. The molecule has 146 valence electrons. The van der Waals surface area contributed by atoms with E-state index in [1.165, 1.54) is 11.0 Å². The van der Waals surface area contributed by atoms with Crippen molar-refractivity contribution in [3.05, 3.63) is 35.4 Å². The quantitative estimate of drug-likeness (QED) is 0.770. The normalized spacial score (nSPS) is 21.5. The van der Waals surface area contributed by atoms with Crippen molar-refractivity contribution in [1.82, 2.24) is 9.80 Å². The molecule has 1 amide bonds. The van der Waals surface area contributed by atoms with Gasteiger partial charge in [-0.25, -0.2) is 8.78 Å². The molecule has 5 nitrogen and oxygen atoms in total. The SMILES string of the molecule is CN(CCC(C)(C)O)C[C@@]1(O)CCCN(Cc2ccc(F)c(F)c2)C1=O. The number of nitrogens with zero attached hydrogens (tertiary/aromatic N) is 2. The van der Waals surface area contributed by atoms with Crippen LogP contribution in [0.25, 0.3) is 0 Å². The second-order valence-electron chi connectivity index (χ2n) is 7.91. The number of piperidine rings is 1. The molecule has 1 fully saturated rings. The van der Waals surface area contributed by atoms with Crippen molar-refractivity contribution in [1.29, 1.82) is 0 Å². The molecule has 0 aromatic heterocycles. The second kappa shape index (κ2) is 7.98. The third-order valence-corrected chi connectivity index (χ3v) is 4.70. The Labute approximate surface area is 153 Å². The number of amides is 1. The first kappa shape index (κ1) is 20.7. The summed E-state index contributed by atoms with van der Waals surface area (Å²) in [7, 11) is 1.80. The van der Waals surface area contributed by atoms with E-state index in [9.17, 15) is 23.8 Å². The lowest BCUT2D eigenvalue weighted by molar-refractivity contribution is -0.160. The predicted octanol–water partition coefficient (Wildman–Crippen LogP) is 1.91. The number of hydrogen-bond donors (Lipinski definition) is 2. The van der Waals surface area contributed by atoms with Gasteiger partial charge in [0.1, 0.15) is 0 Å². The first-order valence-corrected chi connectivity index (χ1v) is 8.87. The first-order chi connectivity index (χ1) is 12.0. The van der Waals surface area contributed by atoms with Gasteiger partial charge in [-0.2, -0.15) is 0 Å². The molecule has 0 unspecified atom stereocenters. The maximum Gasteiger partial charge on any atom is 0.256 e. The Kier molecular flexibility index (Phi) is 6.37. The Balaban J connectivity index is 2.01. The number of benzene rings is 1. The van der Waals surface area contributed by atoms with Gasteiger partial charge in [-0.3, -0.25) is 4.79 Å². The van der Waals surface area contributed by atoms with Gasteiger partial charge in [-0.1, -0.05) is 6.07 Å². The highest BCUT2D eigenvalue weighted by molar-refractivity contribution is 5.86. The van der Waals surface area contributed by atoms with E-state index in [4.69, 9.17) is 0 Å². The minimum absolute atomic E-state index is 0.131. The van der Waals surface area contributed by atoms with Crippen LogP contribution in [-0.4, -0.2) is 63.8 Å². The number of rotatable bonds is 7. The summed E-state index contributed by atoms with van der Waals surface area (Å²) >= 11 is 0. The van der Waals surface area contributed by atoms with Crippen LogP contribution in [0.3, 0.4) is 0 Å². The second-order valence-corrected chi connectivity index (χ2v) is 7.91. The van der Waals surface area contributed by atoms with Crippen LogP contribution < -0.4 is 0 Å². The summed E-state index contributed by atoms with van der Waals surface area (Å²) < 4.78 is 26.4. The van der Waals surface area contributed by atoms with Crippen LogP contribution in [0.4, 0.5) is 8.78 Å². The molecule has 1 aliphatic heterocycles. The highest BCUT2D eigenvalue weighted by Gasteiger charge is 2.42. The fraction of sp³-hybridized carbons (Fsp3) is 0.632. The lowest BCUT2D eigenvalue weighted by atomic mass is 9.90. The molecule has 2 N–H and O–H groups in total. The van der Waals surface area contributed by atoms with Crippen LogP contribution in [0, 0.1) is 11.6 Å². The van der Waals surface area contributed by atoms with E-state index >= 15 is 0 Å². The summed E-state index contributed by atoms with van der Waals surface area (Å²) in [6.07, 6.45) is 1.50.